The number of hydrogen-bond donors (Lipinski definition) is 2. The van der Waals surface area contributed by atoms with E-state index in [0.717, 1.165) is 17.7 Å². The Balaban J connectivity index is 1.52. The minimum Gasteiger partial charge on any atom is -0.397 e. The molecule has 1 aliphatic heterocycles. The number of benzene rings is 1. The Morgan fingerprint density at radius 1 is 1.18 bits per heavy atom. The number of nitrogens with two attached hydrogens (primary N) is 1. The van der Waals surface area contributed by atoms with Crippen molar-refractivity contribution in [2.24, 2.45) is 5.92 Å². The van der Waals surface area contributed by atoms with Gasteiger partial charge in [0.15, 0.2) is 9.84 Å². The van der Waals surface area contributed by atoms with Gasteiger partial charge in [0.25, 0.3) is 5.91 Å². The first-order valence-electron chi connectivity index (χ1n) is 14.2. The average Bonchev–Trinajstić information content (AvgIpc) is 3.46. The highest BCUT2D eigenvalue weighted by molar-refractivity contribution is 7.91. The molecule has 1 unspecified atom stereocenters. The molecular formula is C30H44N4O4S2. The number of hydrogen-bond acceptors (Lipinski definition) is 7. The summed E-state index contributed by atoms with van der Waals surface area (Å²) in [4.78, 5) is 32.7. The number of likely N-dealkylation sites (tertiary alicyclic amines) is 1. The predicted octanol–water partition coefficient (Wildman–Crippen LogP) is 4.31. The molecule has 2 aromatic rings. The summed E-state index contributed by atoms with van der Waals surface area (Å²) in [5, 5.41) is 2.92. The number of thiophene rings is 1. The van der Waals surface area contributed by atoms with E-state index in [4.69, 9.17) is 5.73 Å². The predicted molar refractivity (Wildman–Crippen MR) is 161 cm³/mol. The van der Waals surface area contributed by atoms with Gasteiger partial charge in [0.2, 0.25) is 5.91 Å². The van der Waals surface area contributed by atoms with Crippen molar-refractivity contribution in [3.63, 3.8) is 0 Å². The molecule has 40 heavy (non-hydrogen) atoms. The van der Waals surface area contributed by atoms with Crippen LogP contribution < -0.4 is 11.1 Å². The maximum absolute atomic E-state index is 13.6. The number of carbonyl (C=O) groups is 2. The second kappa shape index (κ2) is 11.8. The fraction of sp³-hybridized carbons (Fsp3) is 0.600. The third-order valence-electron chi connectivity index (χ3n) is 8.49. The van der Waals surface area contributed by atoms with E-state index in [9.17, 15) is 18.0 Å². The zero-order valence-electron chi connectivity index (χ0n) is 24.5. The molecule has 2 aliphatic rings. The van der Waals surface area contributed by atoms with Gasteiger partial charge in [-0.2, -0.15) is 0 Å². The van der Waals surface area contributed by atoms with E-state index >= 15 is 0 Å². The van der Waals surface area contributed by atoms with Crippen LogP contribution in [0.3, 0.4) is 0 Å². The van der Waals surface area contributed by atoms with Gasteiger partial charge in [-0.1, -0.05) is 39.0 Å². The summed E-state index contributed by atoms with van der Waals surface area (Å²) in [7, 11) is -1.44. The topological polar surface area (TPSA) is 113 Å². The van der Waals surface area contributed by atoms with E-state index in [0.29, 0.717) is 40.9 Å². The number of nitrogens with one attached hydrogen (secondary N) is 1. The Bertz CT molecular complexity index is 1320. The lowest BCUT2D eigenvalue weighted by Gasteiger charge is -2.44. The lowest BCUT2D eigenvalue weighted by Crippen LogP contribution is -2.53. The monoisotopic (exact) mass is 588 g/mol. The molecule has 4 atom stereocenters. The molecule has 4 rings (SSSR count). The molecule has 1 saturated carbocycles. The summed E-state index contributed by atoms with van der Waals surface area (Å²) in [6.45, 7) is 11.0. The molecule has 1 aliphatic carbocycles. The van der Waals surface area contributed by atoms with Crippen molar-refractivity contribution in [1.29, 1.82) is 0 Å². The summed E-state index contributed by atoms with van der Waals surface area (Å²) in [5.41, 5.74) is 6.46. The number of amides is 2. The largest absolute Gasteiger partial charge is 0.397 e. The van der Waals surface area contributed by atoms with Crippen molar-refractivity contribution in [1.82, 2.24) is 15.1 Å². The van der Waals surface area contributed by atoms with Gasteiger partial charge in [-0.3, -0.25) is 9.59 Å². The number of nitrogens with zero attached hydrogens (tertiary/aromatic N) is 2. The van der Waals surface area contributed by atoms with E-state index in [1.54, 1.807) is 30.3 Å². The molecule has 0 radical (unpaired) electrons. The Hall–Kier alpha value is -2.43. The van der Waals surface area contributed by atoms with Crippen molar-refractivity contribution < 1.29 is 18.0 Å². The van der Waals surface area contributed by atoms with Crippen molar-refractivity contribution >= 4 is 38.7 Å². The van der Waals surface area contributed by atoms with Crippen molar-refractivity contribution in [2.45, 2.75) is 94.8 Å². The van der Waals surface area contributed by atoms with Crippen LogP contribution in [0, 0.1) is 5.92 Å². The lowest BCUT2D eigenvalue weighted by molar-refractivity contribution is -0.133. The Morgan fingerprint density at radius 3 is 2.45 bits per heavy atom. The first kappa shape index (κ1) is 30.5. The van der Waals surface area contributed by atoms with E-state index in [2.05, 4.69) is 51.9 Å². The van der Waals surface area contributed by atoms with Gasteiger partial charge in [-0.05, 0) is 76.1 Å². The number of nitrogen functional groups attached to an aromatic ring is 1. The Labute approximate surface area is 243 Å². The van der Waals surface area contributed by atoms with E-state index in [1.165, 1.54) is 11.3 Å². The zero-order chi connectivity index (χ0) is 29.4. The molecule has 10 heteroatoms. The summed E-state index contributed by atoms with van der Waals surface area (Å²) < 4.78 is 26.9. The summed E-state index contributed by atoms with van der Waals surface area (Å²) in [6, 6.07) is 10.2. The van der Waals surface area contributed by atoms with Crippen molar-refractivity contribution in [3.05, 3.63) is 46.2 Å². The molecule has 1 saturated heterocycles. The molecule has 8 nitrogen and oxygen atoms in total. The van der Waals surface area contributed by atoms with Crippen LogP contribution in [0.5, 0.6) is 0 Å². The normalized spacial score (nSPS) is 24.2. The van der Waals surface area contributed by atoms with Crippen LogP contribution in [0.15, 0.2) is 41.3 Å². The molecule has 3 N–H and O–H groups in total. The van der Waals surface area contributed by atoms with E-state index in [1.807, 2.05) is 11.0 Å². The van der Waals surface area contributed by atoms with Crippen LogP contribution in [0.2, 0.25) is 0 Å². The standard InChI is InChI=1S/C30H44N4O4S2/c1-19(2)33(6)21-12-13-25(20(16-21)18-40(37,38)22-10-8-7-9-11-22)34-15-14-24(29(34)36)32-28(35)27-23(31)17-26(39-27)30(3,4)5/h7-11,17,19-21,24-25H,12-16,18,31H2,1-6H3,(H,32,35)/t20-,21+,24?,25-/m0/s1. The number of sulfone groups is 1. The molecule has 0 bridgehead atoms. The fourth-order valence-electron chi connectivity index (χ4n) is 5.95. The minimum atomic E-state index is -3.53. The van der Waals surface area contributed by atoms with E-state index < -0.39 is 15.9 Å². The molecule has 0 spiro atoms. The van der Waals surface area contributed by atoms with Gasteiger partial charge in [-0.25, -0.2) is 8.42 Å². The average molecular weight is 589 g/mol. The van der Waals surface area contributed by atoms with Crippen LogP contribution in [0.4, 0.5) is 5.69 Å². The highest BCUT2D eigenvalue weighted by atomic mass is 32.2. The van der Waals surface area contributed by atoms with Gasteiger partial charge in [0, 0.05) is 29.5 Å². The lowest BCUT2D eigenvalue weighted by atomic mass is 9.81. The SMILES string of the molecule is CC(C)N(C)[C@@H]1CC[C@H](N2CCC(NC(=O)c3sc(C(C)(C)C)cc3N)C2=O)[C@H](CS(=O)(=O)c2ccccc2)C1. The summed E-state index contributed by atoms with van der Waals surface area (Å²) in [6.07, 6.45) is 2.82. The quantitative estimate of drug-likeness (QED) is 0.475. The third-order valence-corrected chi connectivity index (χ3v) is 11.9. The first-order chi connectivity index (χ1) is 18.7. The molecule has 2 fully saturated rings. The maximum atomic E-state index is 13.6. The second-order valence-corrected chi connectivity index (χ2v) is 15.7. The van der Waals surface area contributed by atoms with Gasteiger partial charge in [0.05, 0.1) is 16.3 Å². The second-order valence-electron chi connectivity index (χ2n) is 12.6. The molecule has 1 aromatic heterocycles. The van der Waals surface area contributed by atoms with Gasteiger partial charge in [-0.15, -0.1) is 11.3 Å². The van der Waals surface area contributed by atoms with Crippen LogP contribution in [-0.2, 0) is 20.0 Å². The number of anilines is 1. The number of carbonyl (C=O) groups excluding carboxylic acids is 2. The highest BCUT2D eigenvalue weighted by Crippen LogP contribution is 2.37. The third kappa shape index (κ3) is 6.55. The van der Waals surface area contributed by atoms with Crippen LogP contribution in [-0.4, -0.2) is 73.5 Å². The summed E-state index contributed by atoms with van der Waals surface area (Å²) in [5.74, 6) is -0.677. The highest BCUT2D eigenvalue weighted by Gasteiger charge is 2.44. The van der Waals surface area contributed by atoms with Gasteiger partial charge < -0.3 is 20.9 Å². The van der Waals surface area contributed by atoms with Crippen LogP contribution in [0.1, 0.15) is 74.9 Å². The smallest absolute Gasteiger partial charge is 0.264 e. The van der Waals surface area contributed by atoms with E-state index in [-0.39, 0.29) is 41.0 Å². The Kier molecular flexibility index (Phi) is 9.02. The van der Waals surface area contributed by atoms with Gasteiger partial charge in [0.1, 0.15) is 10.9 Å². The molecule has 220 valence electrons. The van der Waals surface area contributed by atoms with Crippen molar-refractivity contribution in [2.75, 3.05) is 25.1 Å². The zero-order valence-corrected chi connectivity index (χ0v) is 26.1. The van der Waals surface area contributed by atoms with Crippen LogP contribution in [0.25, 0.3) is 0 Å². The molecule has 1 aromatic carbocycles. The van der Waals surface area contributed by atoms with Crippen molar-refractivity contribution in [3.8, 4) is 0 Å². The van der Waals surface area contributed by atoms with Crippen LogP contribution >= 0.6 is 11.3 Å². The fourth-order valence-corrected chi connectivity index (χ4v) is 8.68. The first-order valence-corrected chi connectivity index (χ1v) is 16.7. The molecular weight excluding hydrogens is 544 g/mol. The Morgan fingerprint density at radius 2 is 1.85 bits per heavy atom. The molecule has 2 amide bonds. The minimum absolute atomic E-state index is 0.00771. The number of rotatable bonds is 8. The van der Waals surface area contributed by atoms with Gasteiger partial charge >= 0.3 is 0 Å². The molecule has 2 heterocycles. The maximum Gasteiger partial charge on any atom is 0.264 e. The summed E-state index contributed by atoms with van der Waals surface area (Å²) >= 11 is 1.36.